The first-order valence-corrected chi connectivity index (χ1v) is 11.8. The maximum Gasteiger partial charge on any atom is 0.514 e. The van der Waals surface area contributed by atoms with Crippen molar-refractivity contribution in [3.05, 3.63) is 103 Å². The van der Waals surface area contributed by atoms with E-state index in [1.54, 1.807) is 12.3 Å². The third-order valence-electron chi connectivity index (χ3n) is 5.65. The molecule has 0 bridgehead atoms. The van der Waals surface area contributed by atoms with Crippen LogP contribution in [0.1, 0.15) is 26.3 Å². The number of aromatic nitrogens is 3. The van der Waals surface area contributed by atoms with Gasteiger partial charge in [-0.1, -0.05) is 54.6 Å². The maximum absolute atomic E-state index is 12.2. The molecule has 6 nitrogen and oxygen atoms in total. The van der Waals surface area contributed by atoms with Crippen LogP contribution in [0.3, 0.4) is 0 Å². The molecule has 0 fully saturated rings. The highest BCUT2D eigenvalue weighted by Crippen LogP contribution is 2.31. The molecule has 0 aliphatic rings. The minimum Gasteiger partial charge on any atom is -0.428 e. The van der Waals surface area contributed by atoms with Gasteiger partial charge in [-0.3, -0.25) is 4.98 Å². The molecule has 6 heteroatoms. The topological polar surface area (TPSA) is 66.2 Å². The van der Waals surface area contributed by atoms with E-state index in [0.717, 1.165) is 39.1 Å². The Bertz CT molecular complexity index is 1500. The molecule has 0 saturated heterocycles. The molecule has 5 rings (SSSR count). The van der Waals surface area contributed by atoms with E-state index in [-0.39, 0.29) is 0 Å². The molecule has 0 saturated carbocycles. The van der Waals surface area contributed by atoms with Gasteiger partial charge in [0.2, 0.25) is 0 Å². The van der Waals surface area contributed by atoms with E-state index in [1.165, 1.54) is 0 Å². The number of carbonyl (C=O) groups is 1. The second kappa shape index (κ2) is 9.66. The fourth-order valence-corrected chi connectivity index (χ4v) is 4.08. The van der Waals surface area contributed by atoms with E-state index in [1.807, 2.05) is 87.6 Å². The summed E-state index contributed by atoms with van der Waals surface area (Å²) in [6.45, 7) is 6.08. The number of para-hydroxylation sites is 3. The summed E-state index contributed by atoms with van der Waals surface area (Å²) in [5, 5.41) is 0. The highest BCUT2D eigenvalue weighted by atomic mass is 16.7. The summed E-state index contributed by atoms with van der Waals surface area (Å²) >= 11 is 0. The molecular formula is C30H27N3O3. The Morgan fingerprint density at radius 2 is 1.61 bits per heavy atom. The summed E-state index contributed by atoms with van der Waals surface area (Å²) in [4.78, 5) is 21.4. The predicted octanol–water partition coefficient (Wildman–Crippen LogP) is 7.13. The Hall–Kier alpha value is -4.45. The molecule has 0 radical (unpaired) electrons. The Morgan fingerprint density at radius 3 is 2.36 bits per heavy atom. The largest absolute Gasteiger partial charge is 0.514 e. The second-order valence-corrected chi connectivity index (χ2v) is 9.51. The van der Waals surface area contributed by atoms with E-state index >= 15 is 0 Å². The van der Waals surface area contributed by atoms with Crippen LogP contribution in [0.4, 0.5) is 4.79 Å². The third-order valence-corrected chi connectivity index (χ3v) is 5.65. The van der Waals surface area contributed by atoms with E-state index in [0.29, 0.717) is 12.3 Å². The van der Waals surface area contributed by atoms with Crippen molar-refractivity contribution in [2.75, 3.05) is 0 Å². The van der Waals surface area contributed by atoms with Gasteiger partial charge in [-0.25, -0.2) is 9.78 Å². The average Bonchev–Trinajstić information content (AvgIpc) is 3.23. The molecule has 0 N–H and O–H groups in total. The molecule has 5 aromatic rings. The number of ether oxygens (including phenoxy) is 2. The summed E-state index contributed by atoms with van der Waals surface area (Å²) in [7, 11) is 0. The van der Waals surface area contributed by atoms with Gasteiger partial charge in [-0.15, -0.1) is 0 Å². The zero-order valence-corrected chi connectivity index (χ0v) is 20.5. The second-order valence-electron chi connectivity index (χ2n) is 9.51. The Kier molecular flexibility index (Phi) is 6.25. The molecule has 2 aromatic heterocycles. The van der Waals surface area contributed by atoms with Crippen molar-refractivity contribution < 1.29 is 14.3 Å². The lowest BCUT2D eigenvalue weighted by Gasteiger charge is -2.19. The van der Waals surface area contributed by atoms with Gasteiger partial charge in [0.15, 0.2) is 0 Å². The number of benzene rings is 3. The molecule has 3 aromatic carbocycles. The molecular weight excluding hydrogens is 450 g/mol. The van der Waals surface area contributed by atoms with Crippen molar-refractivity contribution >= 4 is 17.2 Å². The summed E-state index contributed by atoms with van der Waals surface area (Å²) in [5.41, 5.74) is 5.24. The molecule has 0 atom stereocenters. The summed E-state index contributed by atoms with van der Waals surface area (Å²) in [6, 6.07) is 27.8. The van der Waals surface area contributed by atoms with Gasteiger partial charge in [-0.2, -0.15) is 0 Å². The zero-order valence-electron chi connectivity index (χ0n) is 20.5. The van der Waals surface area contributed by atoms with Gasteiger partial charge < -0.3 is 14.0 Å². The highest BCUT2D eigenvalue weighted by Gasteiger charge is 2.19. The average molecular weight is 478 g/mol. The molecule has 0 spiro atoms. The van der Waals surface area contributed by atoms with Crippen LogP contribution in [-0.2, 0) is 11.3 Å². The van der Waals surface area contributed by atoms with Crippen LogP contribution in [0.5, 0.6) is 5.75 Å². The lowest BCUT2D eigenvalue weighted by atomic mass is 10.0. The van der Waals surface area contributed by atoms with Crippen molar-refractivity contribution in [1.29, 1.82) is 0 Å². The molecule has 0 aliphatic carbocycles. The van der Waals surface area contributed by atoms with Crippen LogP contribution in [0.2, 0.25) is 0 Å². The summed E-state index contributed by atoms with van der Waals surface area (Å²) in [6.07, 6.45) is 2.88. The van der Waals surface area contributed by atoms with Crippen molar-refractivity contribution in [3.63, 3.8) is 0 Å². The lowest BCUT2D eigenvalue weighted by Crippen LogP contribution is -2.26. The summed E-state index contributed by atoms with van der Waals surface area (Å²) < 4.78 is 13.1. The van der Waals surface area contributed by atoms with Gasteiger partial charge in [0.25, 0.3) is 0 Å². The van der Waals surface area contributed by atoms with Gasteiger partial charge in [0.05, 0.1) is 11.0 Å². The number of carbonyl (C=O) groups excluding carboxylic acids is 1. The van der Waals surface area contributed by atoms with Crippen molar-refractivity contribution in [1.82, 2.24) is 14.5 Å². The van der Waals surface area contributed by atoms with Crippen LogP contribution < -0.4 is 4.74 Å². The van der Waals surface area contributed by atoms with Gasteiger partial charge in [0.1, 0.15) is 17.2 Å². The molecule has 36 heavy (non-hydrogen) atoms. The maximum atomic E-state index is 12.2. The van der Waals surface area contributed by atoms with Crippen molar-refractivity contribution in [2.45, 2.75) is 32.9 Å². The van der Waals surface area contributed by atoms with E-state index < -0.39 is 11.8 Å². The number of fused-ring (bicyclic) bond motifs is 1. The monoisotopic (exact) mass is 477 g/mol. The van der Waals surface area contributed by atoms with Crippen molar-refractivity contribution in [2.24, 2.45) is 0 Å². The number of imidazole rings is 1. The van der Waals surface area contributed by atoms with E-state index in [9.17, 15) is 4.79 Å². The molecule has 0 amide bonds. The summed E-state index contributed by atoms with van der Waals surface area (Å²) in [5.74, 6) is 1.34. The number of nitrogens with zero attached hydrogens (tertiary/aromatic N) is 3. The van der Waals surface area contributed by atoms with Gasteiger partial charge in [-0.05, 0) is 62.2 Å². The first-order chi connectivity index (χ1) is 17.4. The van der Waals surface area contributed by atoms with E-state index in [2.05, 4.69) is 27.8 Å². The van der Waals surface area contributed by atoms with Crippen LogP contribution in [0.15, 0.2) is 97.3 Å². The molecule has 2 heterocycles. The number of hydrogen-bond donors (Lipinski definition) is 0. The van der Waals surface area contributed by atoms with E-state index in [4.69, 9.17) is 14.5 Å². The minimum atomic E-state index is -0.721. The lowest BCUT2D eigenvalue weighted by molar-refractivity contribution is 0.0207. The number of pyridine rings is 1. The van der Waals surface area contributed by atoms with Crippen LogP contribution in [0, 0.1) is 0 Å². The molecule has 0 aliphatic heterocycles. The molecule has 180 valence electrons. The van der Waals surface area contributed by atoms with Gasteiger partial charge in [0, 0.05) is 30.1 Å². The Morgan fingerprint density at radius 1 is 0.861 bits per heavy atom. The fraction of sp³-hybridized carbons (Fsp3) is 0.167. The van der Waals surface area contributed by atoms with Crippen LogP contribution in [-0.4, -0.2) is 26.3 Å². The highest BCUT2D eigenvalue weighted by molar-refractivity contribution is 5.81. The Balaban J connectivity index is 1.43. The normalized spacial score (nSPS) is 11.4. The van der Waals surface area contributed by atoms with Crippen LogP contribution in [0.25, 0.3) is 33.5 Å². The third kappa shape index (κ3) is 5.13. The first-order valence-electron chi connectivity index (χ1n) is 11.8. The number of hydrogen-bond acceptors (Lipinski definition) is 5. The predicted molar refractivity (Wildman–Crippen MR) is 141 cm³/mol. The van der Waals surface area contributed by atoms with Crippen LogP contribution >= 0.6 is 0 Å². The smallest absolute Gasteiger partial charge is 0.428 e. The number of rotatable bonds is 5. The van der Waals surface area contributed by atoms with Crippen molar-refractivity contribution in [3.8, 4) is 28.3 Å². The SMILES string of the molecule is CC(C)(C)OC(=O)Oc1ccccc1-c1ccc(Cn2c(-c3cccnc3)nc3ccccc32)cc1. The fourth-order valence-electron chi connectivity index (χ4n) is 4.08. The first kappa shape index (κ1) is 23.3. The minimum absolute atomic E-state index is 0.457. The zero-order chi connectivity index (χ0) is 25.1. The molecule has 0 unspecified atom stereocenters. The quantitative estimate of drug-likeness (QED) is 0.199. The standard InChI is InChI=1S/C30H27N3O3/c1-30(2,3)36-29(34)35-27-13-7-4-10-24(27)22-16-14-21(15-17-22)20-33-26-12-6-5-11-25(26)32-28(33)23-9-8-18-31-19-23/h4-19H,20H2,1-3H3. The van der Waals surface area contributed by atoms with Gasteiger partial charge >= 0.3 is 6.16 Å². The Labute approximate surface area is 210 Å².